The summed E-state index contributed by atoms with van der Waals surface area (Å²) in [4.78, 5) is 56.4. The normalized spacial score (nSPS) is 12.7. The average Bonchev–Trinajstić information content (AvgIpc) is 1.82. The monoisotopic (exact) mass is 1460 g/mol. The highest BCUT2D eigenvalue weighted by Gasteiger charge is 2.36. The Hall–Kier alpha value is -5.45. The minimum absolute atomic E-state index is 0.208. The molecule has 466 valence electrons. The number of aliphatic hydroxyl groups is 1. The minimum atomic E-state index is -1.36. The number of ether oxygens (including phenoxy) is 5. The molecule has 4 aromatic heterocycles. The molecule has 0 bridgehead atoms. The van der Waals surface area contributed by atoms with Crippen LogP contribution in [0.15, 0.2) is 117 Å². The summed E-state index contributed by atoms with van der Waals surface area (Å²) in [5, 5.41) is 13.7. The molecule has 0 aliphatic heterocycles. The molecule has 0 aliphatic carbocycles. The lowest BCUT2D eigenvalue weighted by Gasteiger charge is -2.29. The number of hydrogen-bond acceptors (Lipinski definition) is 16. The van der Waals surface area contributed by atoms with Crippen molar-refractivity contribution in [1.82, 2.24) is 19.9 Å². The van der Waals surface area contributed by atoms with Crippen molar-refractivity contribution in [2.24, 2.45) is 0 Å². The van der Waals surface area contributed by atoms with Gasteiger partial charge in [-0.25, -0.2) is 34.3 Å². The Kier molecular flexibility index (Phi) is 23.3. The molecule has 3 atom stereocenters. The standard InChI is InChI=1S/C27H26Cl2N2O3S.C22H23BrClNO3S.C18H15BrClNO3S/c1-6-33-26(32)23(34-27(3,4)5)21-15(2)13-19-24(22(21)16-7-9-18(28)10-8-16)35-25(31-19)17-11-12-30-20(29)14-17;1-6-27-20(26)18(28-22(3,4)5)16-12(2)11-15-19(29-21(23)25-15)17(16)13-7-9-14(24)10-8-13;1-3-24-17(23)15(22)13-9(2)8-12-16(25-18(19)21-12)14(13)10-4-6-11(20)7-5-10/h7-14,23H,6H2,1-5H3;7-11,18H,6H2,1-5H3;4-8,15,22H,3H2,1-2H3/t23-;18-;15-/m000/s1. The van der Waals surface area contributed by atoms with E-state index < -0.39 is 47.4 Å². The van der Waals surface area contributed by atoms with Crippen molar-refractivity contribution in [3.05, 3.63) is 171 Å². The van der Waals surface area contributed by atoms with E-state index in [4.69, 9.17) is 75.1 Å². The van der Waals surface area contributed by atoms with Gasteiger partial charge in [0.2, 0.25) is 0 Å². The molecule has 89 heavy (non-hydrogen) atoms. The van der Waals surface area contributed by atoms with Gasteiger partial charge in [0.25, 0.3) is 0 Å². The molecule has 22 heteroatoms. The van der Waals surface area contributed by atoms with Crippen molar-refractivity contribution in [2.45, 2.75) is 113 Å². The van der Waals surface area contributed by atoms with Gasteiger partial charge < -0.3 is 28.8 Å². The van der Waals surface area contributed by atoms with Gasteiger partial charge in [0.1, 0.15) is 10.2 Å². The van der Waals surface area contributed by atoms with Crippen LogP contribution in [-0.2, 0) is 38.1 Å². The minimum Gasteiger partial charge on any atom is -0.464 e. The van der Waals surface area contributed by atoms with E-state index >= 15 is 0 Å². The summed E-state index contributed by atoms with van der Waals surface area (Å²) in [5.74, 6) is -1.49. The summed E-state index contributed by atoms with van der Waals surface area (Å²) < 4.78 is 32.7. The van der Waals surface area contributed by atoms with Gasteiger partial charge in [-0.3, -0.25) is 0 Å². The highest BCUT2D eigenvalue weighted by molar-refractivity contribution is 9.11. The first-order chi connectivity index (χ1) is 42.1. The van der Waals surface area contributed by atoms with Crippen LogP contribution >= 0.6 is 112 Å². The van der Waals surface area contributed by atoms with Crippen LogP contribution in [0, 0.1) is 20.8 Å². The molecule has 0 aliphatic rings. The number of benzene rings is 6. The number of aryl methyl sites for hydroxylation is 3. The molecule has 0 fully saturated rings. The van der Waals surface area contributed by atoms with Crippen LogP contribution in [0.2, 0.25) is 20.2 Å². The van der Waals surface area contributed by atoms with Gasteiger partial charge in [-0.1, -0.05) is 82.8 Å². The molecule has 0 unspecified atom stereocenters. The van der Waals surface area contributed by atoms with Crippen molar-refractivity contribution in [3.8, 4) is 44.0 Å². The predicted octanol–water partition coefficient (Wildman–Crippen LogP) is 20.5. The van der Waals surface area contributed by atoms with E-state index in [9.17, 15) is 19.5 Å². The maximum Gasteiger partial charge on any atom is 0.339 e. The largest absolute Gasteiger partial charge is 0.464 e. The topological polar surface area (TPSA) is 169 Å². The average molecular weight is 1470 g/mol. The fourth-order valence-corrected chi connectivity index (χ4v) is 14.6. The Balaban J connectivity index is 0.000000175. The van der Waals surface area contributed by atoms with E-state index in [2.05, 4.69) is 46.8 Å². The summed E-state index contributed by atoms with van der Waals surface area (Å²) >= 11 is 35.9. The number of thiazole rings is 3. The van der Waals surface area contributed by atoms with Gasteiger partial charge in [0.15, 0.2) is 26.1 Å². The maximum atomic E-state index is 13.2. The van der Waals surface area contributed by atoms with Gasteiger partial charge in [0, 0.05) is 60.2 Å². The summed E-state index contributed by atoms with van der Waals surface area (Å²) in [6, 6.07) is 32.0. The second-order valence-electron chi connectivity index (χ2n) is 22.2. The lowest BCUT2D eigenvalue weighted by Crippen LogP contribution is -2.29. The van der Waals surface area contributed by atoms with Crippen molar-refractivity contribution in [1.29, 1.82) is 0 Å². The zero-order valence-corrected chi connectivity index (χ0v) is 59.4. The zero-order valence-electron chi connectivity index (χ0n) is 50.7. The zero-order chi connectivity index (χ0) is 64.8. The lowest BCUT2D eigenvalue weighted by molar-refractivity contribution is -0.167. The van der Waals surface area contributed by atoms with Crippen LogP contribution in [0.4, 0.5) is 0 Å². The van der Waals surface area contributed by atoms with E-state index in [1.807, 2.05) is 147 Å². The molecule has 13 nitrogen and oxygen atoms in total. The van der Waals surface area contributed by atoms with Gasteiger partial charge >= 0.3 is 17.9 Å². The summed E-state index contributed by atoms with van der Waals surface area (Å²) in [6.45, 7) is 23.4. The van der Waals surface area contributed by atoms with Gasteiger partial charge in [-0.2, -0.15) is 0 Å². The van der Waals surface area contributed by atoms with E-state index in [1.165, 1.54) is 34.0 Å². The van der Waals surface area contributed by atoms with Gasteiger partial charge in [-0.15, -0.1) is 34.0 Å². The molecule has 0 saturated heterocycles. The Morgan fingerprint density at radius 2 is 0.843 bits per heavy atom. The number of hydrogen-bond donors (Lipinski definition) is 1. The second kappa shape index (κ2) is 29.9. The Bertz CT molecular complexity index is 4210. The van der Waals surface area contributed by atoms with E-state index in [0.717, 1.165) is 110 Å². The maximum absolute atomic E-state index is 13.2. The van der Waals surface area contributed by atoms with Crippen LogP contribution in [-0.4, -0.2) is 74.0 Å². The van der Waals surface area contributed by atoms with Gasteiger partial charge in [-0.05, 0) is 215 Å². The molecule has 0 amide bonds. The number of aliphatic hydroxyl groups excluding tert-OH is 1. The number of pyridine rings is 1. The van der Waals surface area contributed by atoms with Crippen LogP contribution in [0.3, 0.4) is 0 Å². The summed E-state index contributed by atoms with van der Waals surface area (Å²) in [6.07, 6.45) is -1.47. The van der Waals surface area contributed by atoms with Gasteiger partial charge in [0.05, 0.1) is 61.7 Å². The third kappa shape index (κ3) is 17.0. The van der Waals surface area contributed by atoms with E-state index in [0.29, 0.717) is 25.8 Å². The predicted molar refractivity (Wildman–Crippen MR) is 370 cm³/mol. The van der Waals surface area contributed by atoms with Crippen LogP contribution < -0.4 is 0 Å². The van der Waals surface area contributed by atoms with Crippen molar-refractivity contribution < 1.29 is 43.2 Å². The first kappa shape index (κ1) is 69.4. The highest BCUT2D eigenvalue weighted by atomic mass is 79.9. The van der Waals surface area contributed by atoms with Crippen molar-refractivity contribution in [3.63, 3.8) is 0 Å². The molecule has 10 rings (SSSR count). The number of fused-ring (bicyclic) bond motifs is 3. The summed E-state index contributed by atoms with van der Waals surface area (Å²) in [5.41, 5.74) is 12.2. The second-order valence-corrected chi connectivity index (χ2v) is 29.5. The third-order valence-corrected chi connectivity index (χ3v) is 18.5. The molecule has 6 aromatic carbocycles. The number of esters is 3. The Morgan fingerprint density at radius 3 is 1.21 bits per heavy atom. The quantitative estimate of drug-likeness (QED) is 0.0585. The smallest absolute Gasteiger partial charge is 0.339 e. The van der Waals surface area contributed by atoms with Crippen LogP contribution in [0.25, 0.3) is 74.6 Å². The number of rotatable bonds is 15. The summed E-state index contributed by atoms with van der Waals surface area (Å²) in [7, 11) is 0. The molecule has 0 radical (unpaired) electrons. The fraction of sp³-hybridized carbons (Fsp3) is 0.299. The number of nitrogens with zero attached hydrogens (tertiary/aromatic N) is 4. The first-order valence-corrected chi connectivity index (χ1v) is 33.7. The molecule has 1 N–H and O–H groups in total. The van der Waals surface area contributed by atoms with Crippen LogP contribution in [0.1, 0.15) is 114 Å². The van der Waals surface area contributed by atoms with E-state index in [1.54, 1.807) is 45.2 Å². The van der Waals surface area contributed by atoms with Crippen LogP contribution in [0.5, 0.6) is 0 Å². The fourth-order valence-electron chi connectivity index (χ4n) is 9.91. The molecular weight excluding hydrogens is 1400 g/mol. The molecule has 10 aromatic rings. The third-order valence-electron chi connectivity index (χ3n) is 13.4. The van der Waals surface area contributed by atoms with Crippen molar-refractivity contribution in [2.75, 3.05) is 19.8 Å². The van der Waals surface area contributed by atoms with Crippen molar-refractivity contribution >= 4 is 161 Å². The number of carbonyl (C=O) groups excluding carboxylic acids is 3. The molecule has 0 saturated carbocycles. The number of halogens is 6. The SMILES string of the molecule is CCOC(=O)[C@@H](O)c1c(C)cc2nc(Br)sc2c1-c1ccc(Cl)cc1.CCOC(=O)[C@@H](OC(C)(C)C)c1c(C)cc2nc(-c3ccnc(Cl)c3)sc2c1-c1ccc(Cl)cc1.CCOC(=O)[C@@H](OC(C)(C)C)c1c(C)cc2nc(Br)sc2c1-c1ccc(Cl)cc1. The Morgan fingerprint density at radius 1 is 0.494 bits per heavy atom. The lowest BCUT2D eigenvalue weighted by atomic mass is 9.91. The Labute approximate surface area is 566 Å². The molecular formula is C67H64Br2Cl4N4O9S3. The number of aromatic nitrogens is 4. The first-order valence-electron chi connectivity index (χ1n) is 28.2. The van der Waals surface area contributed by atoms with E-state index in [-0.39, 0.29) is 19.8 Å². The highest BCUT2D eigenvalue weighted by Crippen LogP contribution is 2.47. The molecule has 4 heterocycles. The molecule has 0 spiro atoms. The number of carbonyl (C=O) groups is 3.